The Kier molecular flexibility index (Phi) is 9.44. The van der Waals surface area contributed by atoms with Crippen molar-refractivity contribution in [2.75, 3.05) is 27.3 Å². The summed E-state index contributed by atoms with van der Waals surface area (Å²) in [6.07, 6.45) is -0.841. The number of para-hydroxylation sites is 1. The monoisotopic (exact) mass is 539 g/mol. The molecule has 3 rings (SSSR count). The van der Waals surface area contributed by atoms with Gasteiger partial charge in [0.25, 0.3) is 0 Å². The number of benzene rings is 2. The number of nitrogens with zero attached hydrogens (tertiary/aromatic N) is 1. The first-order chi connectivity index (χ1) is 14.5. The van der Waals surface area contributed by atoms with Gasteiger partial charge in [-0.3, -0.25) is 4.99 Å². The summed E-state index contributed by atoms with van der Waals surface area (Å²) in [6, 6.07) is 15.1. The Morgan fingerprint density at radius 2 is 1.90 bits per heavy atom. The number of aliphatic hydroxyl groups is 1. The molecule has 0 bridgehead atoms. The van der Waals surface area contributed by atoms with Gasteiger partial charge in [0.15, 0.2) is 5.96 Å². The van der Waals surface area contributed by atoms with E-state index in [9.17, 15) is 5.11 Å². The standard InChI is InChI=1S/C23H29N3O4.HI/c1-5-24-23(26-15(2)22-12-16-8-6-7-9-20(16)30-22)25-14-19(27)18-13-17(28-3)10-11-21(18)29-4;/h6-13,15,19,27H,5,14H2,1-4H3,(H2,24,25,26);1H. The van der Waals surface area contributed by atoms with Crippen LogP contribution in [0.1, 0.15) is 37.3 Å². The van der Waals surface area contributed by atoms with Crippen LogP contribution >= 0.6 is 24.0 Å². The predicted octanol–water partition coefficient (Wildman–Crippen LogP) is 4.42. The van der Waals surface area contributed by atoms with Crippen LogP contribution in [0.3, 0.4) is 0 Å². The van der Waals surface area contributed by atoms with Crippen molar-refractivity contribution < 1.29 is 19.0 Å². The fourth-order valence-corrected chi connectivity index (χ4v) is 3.19. The minimum Gasteiger partial charge on any atom is -0.497 e. The fourth-order valence-electron chi connectivity index (χ4n) is 3.19. The van der Waals surface area contributed by atoms with Crippen molar-refractivity contribution in [3.8, 4) is 11.5 Å². The van der Waals surface area contributed by atoms with Gasteiger partial charge in [0.1, 0.15) is 28.9 Å². The maximum atomic E-state index is 10.7. The molecule has 168 valence electrons. The molecule has 0 radical (unpaired) electrons. The molecule has 2 atom stereocenters. The van der Waals surface area contributed by atoms with Gasteiger partial charge in [-0.15, -0.1) is 24.0 Å². The summed E-state index contributed by atoms with van der Waals surface area (Å²) in [5.74, 6) is 2.65. The summed E-state index contributed by atoms with van der Waals surface area (Å²) < 4.78 is 16.6. The lowest BCUT2D eigenvalue weighted by molar-refractivity contribution is 0.182. The second kappa shape index (κ2) is 11.8. The van der Waals surface area contributed by atoms with Crippen molar-refractivity contribution in [2.45, 2.75) is 26.0 Å². The number of aliphatic hydroxyl groups excluding tert-OH is 1. The number of hydrogen-bond acceptors (Lipinski definition) is 5. The van der Waals surface area contributed by atoms with Crippen molar-refractivity contribution in [1.82, 2.24) is 10.6 Å². The number of methoxy groups -OCH3 is 2. The fraction of sp³-hybridized carbons (Fsp3) is 0.348. The molecule has 3 N–H and O–H groups in total. The minimum atomic E-state index is -0.841. The molecule has 31 heavy (non-hydrogen) atoms. The van der Waals surface area contributed by atoms with Crippen molar-refractivity contribution in [1.29, 1.82) is 0 Å². The predicted molar refractivity (Wildman–Crippen MR) is 134 cm³/mol. The van der Waals surface area contributed by atoms with Crippen LogP contribution in [-0.4, -0.2) is 38.4 Å². The number of nitrogens with one attached hydrogen (secondary N) is 2. The summed E-state index contributed by atoms with van der Waals surface area (Å²) in [5.41, 5.74) is 1.48. The van der Waals surface area contributed by atoms with Crippen LogP contribution < -0.4 is 20.1 Å². The van der Waals surface area contributed by atoms with E-state index in [2.05, 4.69) is 15.6 Å². The zero-order chi connectivity index (χ0) is 21.5. The number of guanidine groups is 1. The number of fused-ring (bicyclic) bond motifs is 1. The van der Waals surface area contributed by atoms with E-state index in [0.29, 0.717) is 29.6 Å². The van der Waals surface area contributed by atoms with Gasteiger partial charge in [-0.1, -0.05) is 18.2 Å². The Hall–Kier alpha value is -2.46. The Labute approximate surface area is 199 Å². The number of furan rings is 1. The molecule has 0 saturated carbocycles. The van der Waals surface area contributed by atoms with Gasteiger partial charge in [0, 0.05) is 17.5 Å². The summed E-state index contributed by atoms with van der Waals surface area (Å²) in [7, 11) is 3.16. The van der Waals surface area contributed by atoms with Gasteiger partial charge in [0.2, 0.25) is 0 Å². The molecule has 1 aromatic heterocycles. The van der Waals surface area contributed by atoms with Crippen molar-refractivity contribution in [3.05, 3.63) is 59.9 Å². The number of hydrogen-bond donors (Lipinski definition) is 3. The van der Waals surface area contributed by atoms with Gasteiger partial charge in [0.05, 0.1) is 26.8 Å². The molecule has 0 amide bonds. The minimum absolute atomic E-state index is 0. The maximum Gasteiger partial charge on any atom is 0.191 e. The smallest absolute Gasteiger partial charge is 0.191 e. The highest BCUT2D eigenvalue weighted by Crippen LogP contribution is 2.29. The average molecular weight is 539 g/mol. The molecule has 0 saturated heterocycles. The topological polar surface area (TPSA) is 88.3 Å². The quantitative estimate of drug-likeness (QED) is 0.223. The van der Waals surface area contributed by atoms with Crippen LogP contribution in [0.4, 0.5) is 0 Å². The second-order valence-electron chi connectivity index (χ2n) is 6.90. The Bertz CT molecular complexity index is 972. The molecule has 2 unspecified atom stereocenters. The molecular weight excluding hydrogens is 509 g/mol. The van der Waals surface area contributed by atoms with Gasteiger partial charge >= 0.3 is 0 Å². The molecule has 0 fully saturated rings. The first-order valence-electron chi connectivity index (χ1n) is 9.99. The Morgan fingerprint density at radius 3 is 2.58 bits per heavy atom. The number of aliphatic imine (C=N–C) groups is 1. The van der Waals surface area contributed by atoms with Gasteiger partial charge in [-0.2, -0.15) is 0 Å². The summed E-state index contributed by atoms with van der Waals surface area (Å²) in [4.78, 5) is 4.55. The van der Waals surface area contributed by atoms with Crippen LogP contribution in [0, 0.1) is 0 Å². The van der Waals surface area contributed by atoms with Crippen molar-refractivity contribution >= 4 is 40.9 Å². The Balaban J connectivity index is 0.00000341. The lowest BCUT2D eigenvalue weighted by atomic mass is 10.1. The van der Waals surface area contributed by atoms with E-state index in [1.54, 1.807) is 32.4 Å². The molecule has 0 aliphatic rings. The van der Waals surface area contributed by atoms with E-state index in [1.165, 1.54) is 0 Å². The molecule has 2 aromatic carbocycles. The third-order valence-corrected chi connectivity index (χ3v) is 4.79. The summed E-state index contributed by atoms with van der Waals surface area (Å²) >= 11 is 0. The molecule has 3 aromatic rings. The third-order valence-electron chi connectivity index (χ3n) is 4.79. The number of rotatable bonds is 8. The largest absolute Gasteiger partial charge is 0.497 e. The van der Waals surface area contributed by atoms with Crippen LogP contribution in [0.2, 0.25) is 0 Å². The average Bonchev–Trinajstić information content (AvgIpc) is 3.21. The van der Waals surface area contributed by atoms with Crippen molar-refractivity contribution in [2.24, 2.45) is 4.99 Å². The normalized spacial score (nSPS) is 13.3. The van der Waals surface area contributed by atoms with Gasteiger partial charge in [-0.05, 0) is 44.2 Å². The van der Waals surface area contributed by atoms with E-state index >= 15 is 0 Å². The SMILES string of the molecule is CCNC(=NCC(O)c1cc(OC)ccc1OC)NC(C)c1cc2ccccc2o1.I. The van der Waals surface area contributed by atoms with E-state index in [-0.39, 0.29) is 36.6 Å². The zero-order valence-electron chi connectivity index (χ0n) is 18.2. The van der Waals surface area contributed by atoms with Crippen LogP contribution in [0.25, 0.3) is 11.0 Å². The zero-order valence-corrected chi connectivity index (χ0v) is 20.5. The summed E-state index contributed by atoms with van der Waals surface area (Å²) in [5, 5.41) is 18.3. The van der Waals surface area contributed by atoms with E-state index in [0.717, 1.165) is 16.7 Å². The number of halogens is 1. The summed E-state index contributed by atoms with van der Waals surface area (Å²) in [6.45, 7) is 4.85. The molecule has 7 nitrogen and oxygen atoms in total. The molecule has 1 heterocycles. The lowest BCUT2D eigenvalue weighted by Gasteiger charge is -2.18. The maximum absolute atomic E-state index is 10.7. The van der Waals surface area contributed by atoms with Crippen LogP contribution in [-0.2, 0) is 0 Å². The highest BCUT2D eigenvalue weighted by molar-refractivity contribution is 14.0. The third kappa shape index (κ3) is 6.27. The van der Waals surface area contributed by atoms with E-state index in [4.69, 9.17) is 13.9 Å². The lowest BCUT2D eigenvalue weighted by Crippen LogP contribution is -2.39. The molecule has 0 aliphatic carbocycles. The van der Waals surface area contributed by atoms with Crippen LogP contribution in [0.15, 0.2) is 57.9 Å². The van der Waals surface area contributed by atoms with Crippen molar-refractivity contribution in [3.63, 3.8) is 0 Å². The molecule has 0 spiro atoms. The first-order valence-corrected chi connectivity index (χ1v) is 9.99. The number of ether oxygens (including phenoxy) is 2. The van der Waals surface area contributed by atoms with E-state index in [1.807, 2.05) is 44.2 Å². The highest BCUT2D eigenvalue weighted by atomic mass is 127. The van der Waals surface area contributed by atoms with Gasteiger partial charge < -0.3 is 29.6 Å². The van der Waals surface area contributed by atoms with Crippen LogP contribution in [0.5, 0.6) is 11.5 Å². The first kappa shape index (κ1) is 24.8. The molecular formula is C23H30IN3O4. The van der Waals surface area contributed by atoms with E-state index < -0.39 is 6.10 Å². The second-order valence-corrected chi connectivity index (χ2v) is 6.90. The highest BCUT2D eigenvalue weighted by Gasteiger charge is 2.16. The molecule has 0 aliphatic heterocycles. The Morgan fingerprint density at radius 1 is 1.13 bits per heavy atom. The van der Waals surface area contributed by atoms with Gasteiger partial charge in [-0.25, -0.2) is 0 Å². The molecule has 8 heteroatoms.